The molecule has 3 rings (SSSR count). The fourth-order valence-electron chi connectivity index (χ4n) is 4.30. The van der Waals surface area contributed by atoms with Crippen LogP contribution in [0, 0.1) is 26.7 Å². The van der Waals surface area contributed by atoms with Crippen LogP contribution in [0.15, 0.2) is 45.8 Å². The highest BCUT2D eigenvalue weighted by Crippen LogP contribution is 2.29. The summed E-state index contributed by atoms with van der Waals surface area (Å²) in [6, 6.07) is 11.7. The molecule has 5 nitrogen and oxygen atoms in total. The minimum atomic E-state index is -3.56. The van der Waals surface area contributed by atoms with E-state index in [1.165, 1.54) is 4.31 Å². The maximum Gasteiger partial charge on any atom is 0.243 e. The molecule has 1 saturated heterocycles. The number of carbonyl (C=O) groups is 1. The summed E-state index contributed by atoms with van der Waals surface area (Å²) in [6.45, 7) is 6.96. The molecule has 0 spiro atoms. The van der Waals surface area contributed by atoms with Crippen LogP contribution in [-0.4, -0.2) is 43.7 Å². The van der Waals surface area contributed by atoms with Crippen LogP contribution < -0.4 is 0 Å². The van der Waals surface area contributed by atoms with Gasteiger partial charge in [0.1, 0.15) is 0 Å². The van der Waals surface area contributed by atoms with Gasteiger partial charge in [-0.3, -0.25) is 4.79 Å². The fourth-order valence-corrected chi connectivity index (χ4v) is 6.44. The molecular weight excluding hydrogens is 464 g/mol. The SMILES string of the molecule is Cc1cc(C)c(S(=O)(=O)N2CCC(C(=O)N(C)Cc3ccc(Br)cc3)CC2)c(C)c1. The standard InChI is InChI=1S/C23H29BrN2O3S/c1-16-13-17(2)22(18(3)14-16)30(28,29)26-11-9-20(10-12-26)23(27)25(4)15-19-5-7-21(24)8-6-19/h5-8,13-14,20H,9-12,15H2,1-4H3. The lowest BCUT2D eigenvalue weighted by atomic mass is 9.96. The summed E-state index contributed by atoms with van der Waals surface area (Å²) in [5.74, 6) is -0.0604. The number of carbonyl (C=O) groups excluding carboxylic acids is 1. The van der Waals surface area contributed by atoms with E-state index in [4.69, 9.17) is 0 Å². The van der Waals surface area contributed by atoms with Gasteiger partial charge in [0.05, 0.1) is 4.90 Å². The van der Waals surface area contributed by atoms with Crippen molar-refractivity contribution in [2.75, 3.05) is 20.1 Å². The number of halogens is 1. The minimum absolute atomic E-state index is 0.0812. The summed E-state index contributed by atoms with van der Waals surface area (Å²) in [5.41, 5.74) is 3.68. The molecule has 0 N–H and O–H groups in total. The van der Waals surface area contributed by atoms with Crippen molar-refractivity contribution in [1.29, 1.82) is 0 Å². The average molecular weight is 493 g/mol. The molecule has 0 saturated carbocycles. The Balaban J connectivity index is 1.65. The molecule has 1 amide bonds. The van der Waals surface area contributed by atoms with Crippen LogP contribution in [0.1, 0.15) is 35.1 Å². The lowest BCUT2D eigenvalue weighted by molar-refractivity contribution is -0.135. The van der Waals surface area contributed by atoms with Gasteiger partial charge in [0.2, 0.25) is 15.9 Å². The summed E-state index contributed by atoms with van der Waals surface area (Å²) in [4.78, 5) is 15.0. The molecule has 162 valence electrons. The summed E-state index contributed by atoms with van der Waals surface area (Å²) in [7, 11) is -1.75. The largest absolute Gasteiger partial charge is 0.341 e. The Morgan fingerprint density at radius 3 is 2.13 bits per heavy atom. The molecule has 0 aromatic heterocycles. The predicted molar refractivity (Wildman–Crippen MR) is 123 cm³/mol. The first-order valence-electron chi connectivity index (χ1n) is 10.2. The van der Waals surface area contributed by atoms with Gasteiger partial charge < -0.3 is 4.90 Å². The highest BCUT2D eigenvalue weighted by atomic mass is 79.9. The van der Waals surface area contributed by atoms with Crippen molar-refractivity contribution in [3.63, 3.8) is 0 Å². The van der Waals surface area contributed by atoms with E-state index in [2.05, 4.69) is 15.9 Å². The van der Waals surface area contributed by atoms with E-state index >= 15 is 0 Å². The van der Waals surface area contributed by atoms with Crippen LogP contribution >= 0.6 is 15.9 Å². The van der Waals surface area contributed by atoms with Crippen LogP contribution in [0.5, 0.6) is 0 Å². The molecule has 1 aliphatic rings. The van der Waals surface area contributed by atoms with E-state index in [-0.39, 0.29) is 11.8 Å². The summed E-state index contributed by atoms with van der Waals surface area (Å²) >= 11 is 3.42. The molecular formula is C23H29BrN2O3S. The molecule has 2 aromatic carbocycles. The van der Waals surface area contributed by atoms with Crippen LogP contribution in [0.3, 0.4) is 0 Å². The number of piperidine rings is 1. The molecule has 0 radical (unpaired) electrons. The van der Waals surface area contributed by atoms with Gasteiger partial charge >= 0.3 is 0 Å². The van der Waals surface area contributed by atoms with E-state index in [9.17, 15) is 13.2 Å². The number of benzene rings is 2. The number of sulfonamides is 1. The van der Waals surface area contributed by atoms with Crippen molar-refractivity contribution in [3.8, 4) is 0 Å². The maximum atomic E-state index is 13.2. The number of amides is 1. The van der Waals surface area contributed by atoms with Crippen molar-refractivity contribution >= 4 is 31.9 Å². The number of hydrogen-bond donors (Lipinski definition) is 0. The fraction of sp³-hybridized carbons (Fsp3) is 0.435. The zero-order chi connectivity index (χ0) is 22.1. The molecule has 0 atom stereocenters. The second-order valence-corrected chi connectivity index (χ2v) is 11.0. The van der Waals surface area contributed by atoms with Gasteiger partial charge in [-0.2, -0.15) is 4.31 Å². The molecule has 0 aliphatic carbocycles. The van der Waals surface area contributed by atoms with Gasteiger partial charge in [-0.1, -0.05) is 45.8 Å². The van der Waals surface area contributed by atoms with Crippen molar-refractivity contribution in [2.45, 2.75) is 45.1 Å². The second-order valence-electron chi connectivity index (χ2n) is 8.23. The highest BCUT2D eigenvalue weighted by Gasteiger charge is 2.34. The van der Waals surface area contributed by atoms with E-state index in [1.54, 1.807) is 4.90 Å². The third-order valence-corrected chi connectivity index (χ3v) is 8.45. The first kappa shape index (κ1) is 23.0. The van der Waals surface area contributed by atoms with Crippen molar-refractivity contribution in [1.82, 2.24) is 9.21 Å². The molecule has 1 fully saturated rings. The van der Waals surface area contributed by atoms with Crippen molar-refractivity contribution in [3.05, 3.63) is 63.1 Å². The molecule has 0 unspecified atom stereocenters. The topological polar surface area (TPSA) is 57.7 Å². The predicted octanol–water partition coefficient (Wildman–Crippen LogP) is 4.43. The molecule has 2 aromatic rings. The lowest BCUT2D eigenvalue weighted by Crippen LogP contribution is -2.43. The summed E-state index contributed by atoms with van der Waals surface area (Å²) in [6.07, 6.45) is 1.10. The highest BCUT2D eigenvalue weighted by molar-refractivity contribution is 9.10. The van der Waals surface area contributed by atoms with E-state index < -0.39 is 10.0 Å². The Bertz CT molecular complexity index is 1000. The van der Waals surface area contributed by atoms with Gasteiger partial charge in [0.25, 0.3) is 0 Å². The van der Waals surface area contributed by atoms with E-state index in [0.29, 0.717) is 37.4 Å². The molecule has 1 aliphatic heterocycles. The minimum Gasteiger partial charge on any atom is -0.341 e. The Labute approximate surface area is 188 Å². The summed E-state index contributed by atoms with van der Waals surface area (Å²) < 4.78 is 29.0. The number of aryl methyl sites for hydroxylation is 3. The summed E-state index contributed by atoms with van der Waals surface area (Å²) in [5, 5.41) is 0. The Morgan fingerprint density at radius 1 is 1.07 bits per heavy atom. The first-order chi connectivity index (χ1) is 14.1. The molecule has 0 bridgehead atoms. The monoisotopic (exact) mass is 492 g/mol. The van der Waals surface area contributed by atoms with Gasteiger partial charge in [-0.15, -0.1) is 0 Å². The number of nitrogens with zero attached hydrogens (tertiary/aromatic N) is 2. The Kier molecular flexibility index (Phi) is 7.05. The maximum absolute atomic E-state index is 13.2. The first-order valence-corrected chi connectivity index (χ1v) is 12.4. The lowest BCUT2D eigenvalue weighted by Gasteiger charge is -2.33. The smallest absolute Gasteiger partial charge is 0.243 e. The number of hydrogen-bond acceptors (Lipinski definition) is 3. The van der Waals surface area contributed by atoms with Gasteiger partial charge in [0, 0.05) is 37.1 Å². The van der Waals surface area contributed by atoms with Gasteiger partial charge in [0.15, 0.2) is 0 Å². The Morgan fingerprint density at radius 2 is 1.60 bits per heavy atom. The molecule has 30 heavy (non-hydrogen) atoms. The zero-order valence-electron chi connectivity index (χ0n) is 18.0. The molecule has 7 heteroatoms. The zero-order valence-corrected chi connectivity index (χ0v) is 20.4. The van der Waals surface area contributed by atoms with Gasteiger partial charge in [-0.25, -0.2) is 8.42 Å². The van der Waals surface area contributed by atoms with Crippen LogP contribution in [-0.2, 0) is 21.4 Å². The third kappa shape index (κ3) is 4.95. The average Bonchev–Trinajstić information content (AvgIpc) is 2.68. The quantitative estimate of drug-likeness (QED) is 0.619. The van der Waals surface area contributed by atoms with E-state index in [1.807, 2.05) is 64.2 Å². The van der Waals surface area contributed by atoms with Crippen LogP contribution in [0.2, 0.25) is 0 Å². The van der Waals surface area contributed by atoms with Gasteiger partial charge in [-0.05, 0) is 62.4 Å². The van der Waals surface area contributed by atoms with Crippen molar-refractivity contribution < 1.29 is 13.2 Å². The van der Waals surface area contributed by atoms with Crippen LogP contribution in [0.4, 0.5) is 0 Å². The molecule has 1 heterocycles. The van der Waals surface area contributed by atoms with E-state index in [0.717, 1.165) is 26.7 Å². The normalized spacial score (nSPS) is 15.9. The Hall–Kier alpha value is -1.70. The third-order valence-electron chi connectivity index (χ3n) is 5.71. The van der Waals surface area contributed by atoms with Crippen LogP contribution in [0.25, 0.3) is 0 Å². The second kappa shape index (κ2) is 9.20. The number of rotatable bonds is 5. The van der Waals surface area contributed by atoms with Crippen molar-refractivity contribution in [2.24, 2.45) is 5.92 Å².